The number of rotatable bonds is 4. The molecule has 1 aromatic carbocycles. The van der Waals surface area contributed by atoms with Crippen LogP contribution in [0.1, 0.15) is 26.3 Å². The van der Waals surface area contributed by atoms with Gasteiger partial charge < -0.3 is 0 Å². The predicted octanol–water partition coefficient (Wildman–Crippen LogP) is 2.56. The molecule has 0 radical (unpaired) electrons. The quantitative estimate of drug-likeness (QED) is 0.812. The van der Waals surface area contributed by atoms with Gasteiger partial charge in [-0.3, -0.25) is 4.31 Å². The zero-order chi connectivity index (χ0) is 12.3. The summed E-state index contributed by atoms with van der Waals surface area (Å²) in [5.41, 5.74) is 1.86. The van der Waals surface area contributed by atoms with E-state index in [2.05, 4.69) is 0 Å². The van der Waals surface area contributed by atoms with E-state index < -0.39 is 15.3 Å². The summed E-state index contributed by atoms with van der Waals surface area (Å²) in [6.07, 6.45) is 0. The third kappa shape index (κ3) is 2.55. The van der Waals surface area contributed by atoms with Gasteiger partial charge >= 0.3 is 0 Å². The summed E-state index contributed by atoms with van der Waals surface area (Å²) in [6.45, 7) is 7.69. The first-order valence-corrected chi connectivity index (χ1v) is 6.98. The average Bonchev–Trinajstić information content (AvgIpc) is 2.21. The molecule has 0 aromatic heterocycles. The number of sulfonamides is 1. The van der Waals surface area contributed by atoms with Crippen molar-refractivity contribution < 1.29 is 8.42 Å². The van der Waals surface area contributed by atoms with Crippen LogP contribution in [0.25, 0.3) is 0 Å². The Kier molecular flexibility index (Phi) is 3.97. The molecule has 0 heterocycles. The Bertz CT molecular complexity index is 435. The first-order chi connectivity index (χ1) is 7.39. The number of nitrogens with zero attached hydrogens (tertiary/aromatic N) is 1. The molecule has 0 saturated carbocycles. The summed E-state index contributed by atoms with van der Waals surface area (Å²) >= 11 is 0. The number of aryl methyl sites for hydroxylation is 1. The second kappa shape index (κ2) is 4.87. The SMILES string of the molecule is CCN(c1ccc(C)cc1)S(=O)(=O)C(C)C. The number of benzene rings is 1. The summed E-state index contributed by atoms with van der Waals surface area (Å²) in [6, 6.07) is 7.54. The van der Waals surface area contributed by atoms with Crippen molar-refractivity contribution in [1.82, 2.24) is 0 Å². The maximum Gasteiger partial charge on any atom is 0.237 e. The van der Waals surface area contributed by atoms with Crippen molar-refractivity contribution in [2.75, 3.05) is 10.8 Å². The predicted molar refractivity (Wildman–Crippen MR) is 68.3 cm³/mol. The van der Waals surface area contributed by atoms with Crippen molar-refractivity contribution in [3.8, 4) is 0 Å². The Hall–Kier alpha value is -1.03. The fraction of sp³-hybridized carbons (Fsp3) is 0.500. The summed E-state index contributed by atoms with van der Waals surface area (Å²) < 4.78 is 25.6. The zero-order valence-corrected chi connectivity index (χ0v) is 11.1. The molecule has 0 aliphatic rings. The highest BCUT2D eigenvalue weighted by molar-refractivity contribution is 7.93. The van der Waals surface area contributed by atoms with Crippen molar-refractivity contribution in [1.29, 1.82) is 0 Å². The normalized spacial score (nSPS) is 11.8. The molecule has 4 heteroatoms. The lowest BCUT2D eigenvalue weighted by atomic mass is 10.2. The fourth-order valence-corrected chi connectivity index (χ4v) is 2.76. The van der Waals surface area contributed by atoms with Crippen LogP contribution in [0.4, 0.5) is 5.69 Å². The van der Waals surface area contributed by atoms with Crippen LogP contribution >= 0.6 is 0 Å². The van der Waals surface area contributed by atoms with Crippen LogP contribution in [0, 0.1) is 6.92 Å². The molecule has 0 N–H and O–H groups in total. The molecule has 16 heavy (non-hydrogen) atoms. The lowest BCUT2D eigenvalue weighted by Crippen LogP contribution is -2.36. The van der Waals surface area contributed by atoms with E-state index in [0.717, 1.165) is 11.3 Å². The molecule has 0 atom stereocenters. The standard InChI is InChI=1S/C12H19NO2S/c1-5-13(16(14,15)10(2)3)12-8-6-11(4)7-9-12/h6-10H,5H2,1-4H3. The second-order valence-corrected chi connectivity index (χ2v) is 6.51. The van der Waals surface area contributed by atoms with Crippen molar-refractivity contribution in [3.63, 3.8) is 0 Å². The van der Waals surface area contributed by atoms with Crippen LogP contribution in [0.15, 0.2) is 24.3 Å². The van der Waals surface area contributed by atoms with E-state index >= 15 is 0 Å². The summed E-state index contributed by atoms with van der Waals surface area (Å²) in [5, 5.41) is -0.395. The van der Waals surface area contributed by atoms with E-state index in [1.807, 2.05) is 38.1 Å². The van der Waals surface area contributed by atoms with Crippen molar-refractivity contribution in [2.45, 2.75) is 32.9 Å². The molecule has 0 bridgehead atoms. The number of hydrogen-bond acceptors (Lipinski definition) is 2. The molecule has 0 spiro atoms. The fourth-order valence-electron chi connectivity index (χ4n) is 1.47. The van der Waals surface area contributed by atoms with Gasteiger partial charge in [-0.25, -0.2) is 8.42 Å². The smallest absolute Gasteiger partial charge is 0.237 e. The minimum absolute atomic E-state index is 0.395. The van der Waals surface area contributed by atoms with Crippen LogP contribution in [0.3, 0.4) is 0 Å². The van der Waals surface area contributed by atoms with Crippen LogP contribution < -0.4 is 4.31 Å². The largest absolute Gasteiger partial charge is 0.270 e. The Labute approximate surface area is 98.1 Å². The lowest BCUT2D eigenvalue weighted by Gasteiger charge is -2.25. The maximum atomic E-state index is 12.1. The van der Waals surface area contributed by atoms with Crippen molar-refractivity contribution in [2.24, 2.45) is 0 Å². The second-order valence-electron chi connectivity index (χ2n) is 4.09. The van der Waals surface area contributed by atoms with E-state index in [0.29, 0.717) is 6.54 Å². The van der Waals surface area contributed by atoms with Gasteiger partial charge in [0.15, 0.2) is 0 Å². The third-order valence-corrected chi connectivity index (χ3v) is 4.79. The van der Waals surface area contributed by atoms with Gasteiger partial charge in [-0.15, -0.1) is 0 Å². The van der Waals surface area contributed by atoms with E-state index in [1.54, 1.807) is 13.8 Å². The summed E-state index contributed by atoms with van der Waals surface area (Å²) in [5.74, 6) is 0. The van der Waals surface area contributed by atoms with Gasteiger partial charge in [0.1, 0.15) is 0 Å². The minimum Gasteiger partial charge on any atom is -0.270 e. The van der Waals surface area contributed by atoms with Gasteiger partial charge in [0.05, 0.1) is 10.9 Å². The van der Waals surface area contributed by atoms with Gasteiger partial charge in [-0.2, -0.15) is 0 Å². The van der Waals surface area contributed by atoms with Gasteiger partial charge in [0.25, 0.3) is 0 Å². The van der Waals surface area contributed by atoms with E-state index in [9.17, 15) is 8.42 Å². The highest BCUT2D eigenvalue weighted by Gasteiger charge is 2.24. The van der Waals surface area contributed by atoms with Crippen LogP contribution in [-0.2, 0) is 10.0 Å². The molecular weight excluding hydrogens is 222 g/mol. The van der Waals surface area contributed by atoms with Gasteiger partial charge in [-0.1, -0.05) is 17.7 Å². The first-order valence-electron chi connectivity index (χ1n) is 5.47. The molecule has 1 rings (SSSR count). The monoisotopic (exact) mass is 241 g/mol. The Morgan fingerprint density at radius 2 is 1.69 bits per heavy atom. The van der Waals surface area contributed by atoms with Crippen molar-refractivity contribution >= 4 is 15.7 Å². The summed E-state index contributed by atoms with van der Waals surface area (Å²) in [4.78, 5) is 0. The Morgan fingerprint density at radius 1 is 1.19 bits per heavy atom. The molecule has 0 fully saturated rings. The van der Waals surface area contributed by atoms with Crippen LogP contribution in [0.5, 0.6) is 0 Å². The van der Waals surface area contributed by atoms with Crippen molar-refractivity contribution in [3.05, 3.63) is 29.8 Å². The molecule has 3 nitrogen and oxygen atoms in total. The molecular formula is C12H19NO2S. The Morgan fingerprint density at radius 3 is 2.06 bits per heavy atom. The number of anilines is 1. The molecule has 0 saturated heterocycles. The lowest BCUT2D eigenvalue weighted by molar-refractivity contribution is 0.583. The molecule has 0 aliphatic carbocycles. The maximum absolute atomic E-state index is 12.1. The molecule has 0 aliphatic heterocycles. The van der Waals surface area contributed by atoms with E-state index in [-0.39, 0.29) is 0 Å². The zero-order valence-electron chi connectivity index (χ0n) is 10.3. The van der Waals surface area contributed by atoms with E-state index in [1.165, 1.54) is 4.31 Å². The summed E-state index contributed by atoms with van der Waals surface area (Å²) in [7, 11) is -3.22. The Balaban J connectivity index is 3.13. The van der Waals surface area contributed by atoms with Crippen LogP contribution in [-0.4, -0.2) is 20.2 Å². The average molecular weight is 241 g/mol. The molecule has 0 amide bonds. The first kappa shape index (κ1) is 13.0. The highest BCUT2D eigenvalue weighted by atomic mass is 32.2. The molecule has 90 valence electrons. The van der Waals surface area contributed by atoms with Gasteiger partial charge in [0.2, 0.25) is 10.0 Å². The molecule has 1 aromatic rings. The number of hydrogen-bond donors (Lipinski definition) is 0. The highest BCUT2D eigenvalue weighted by Crippen LogP contribution is 2.20. The van der Waals surface area contributed by atoms with Gasteiger partial charge in [0, 0.05) is 6.54 Å². The van der Waals surface area contributed by atoms with E-state index in [4.69, 9.17) is 0 Å². The minimum atomic E-state index is -3.22. The van der Waals surface area contributed by atoms with Gasteiger partial charge in [-0.05, 0) is 39.8 Å². The van der Waals surface area contributed by atoms with Crippen LogP contribution in [0.2, 0.25) is 0 Å². The topological polar surface area (TPSA) is 37.4 Å². The molecule has 0 unspecified atom stereocenters. The third-order valence-electron chi connectivity index (χ3n) is 2.51.